The number of hydrogen-bond donors (Lipinski definition) is 1. The minimum absolute atomic E-state index is 0.381. The number of methoxy groups -OCH3 is 1. The minimum atomic E-state index is -0.523. The third-order valence-corrected chi connectivity index (χ3v) is 2.76. The fourth-order valence-electron chi connectivity index (χ4n) is 1.80. The third kappa shape index (κ3) is 2.63. The van der Waals surface area contributed by atoms with Gasteiger partial charge in [-0.1, -0.05) is 18.2 Å². The number of ether oxygens (including phenoxy) is 1. The Labute approximate surface area is 110 Å². The summed E-state index contributed by atoms with van der Waals surface area (Å²) in [5.41, 5.74) is 1.23. The van der Waals surface area contributed by atoms with Crippen LogP contribution < -0.4 is 5.32 Å². The monoisotopic (exact) mass is 255 g/mol. The van der Waals surface area contributed by atoms with Crippen molar-refractivity contribution in [2.75, 3.05) is 12.4 Å². The van der Waals surface area contributed by atoms with Gasteiger partial charge in [0.1, 0.15) is 11.9 Å². The summed E-state index contributed by atoms with van der Waals surface area (Å²) in [5.74, 6) is 0.0987. The second-order valence-corrected chi connectivity index (χ2v) is 4.07. The molecule has 96 valence electrons. The Balaban J connectivity index is 2.40. The zero-order valence-corrected chi connectivity index (χ0v) is 10.7. The van der Waals surface area contributed by atoms with Crippen molar-refractivity contribution in [3.8, 4) is 6.07 Å². The van der Waals surface area contributed by atoms with Crippen molar-refractivity contribution in [3.63, 3.8) is 0 Å². The van der Waals surface area contributed by atoms with E-state index in [0.29, 0.717) is 16.9 Å². The summed E-state index contributed by atoms with van der Waals surface area (Å²) in [6.07, 6.45) is 0. The lowest BCUT2D eigenvalue weighted by atomic mass is 10.1. The Morgan fingerprint density at radius 1 is 1.47 bits per heavy atom. The van der Waals surface area contributed by atoms with E-state index in [2.05, 4.69) is 21.1 Å². The molecule has 0 saturated carbocycles. The van der Waals surface area contributed by atoms with Gasteiger partial charge >= 0.3 is 5.97 Å². The first-order chi connectivity index (χ1) is 9.15. The smallest absolute Gasteiger partial charge is 0.328 e. The van der Waals surface area contributed by atoms with Gasteiger partial charge in [-0.25, -0.2) is 9.78 Å². The van der Waals surface area contributed by atoms with Crippen molar-refractivity contribution in [3.05, 3.63) is 35.9 Å². The molecule has 1 heterocycles. The number of nitriles is 1. The zero-order valence-electron chi connectivity index (χ0n) is 10.7. The van der Waals surface area contributed by atoms with Crippen LogP contribution in [0.5, 0.6) is 0 Å². The van der Waals surface area contributed by atoms with Gasteiger partial charge in [0.2, 0.25) is 0 Å². The Morgan fingerprint density at radius 3 is 2.89 bits per heavy atom. The molecule has 1 N–H and O–H groups in total. The van der Waals surface area contributed by atoms with Crippen LogP contribution in [-0.4, -0.2) is 24.1 Å². The van der Waals surface area contributed by atoms with Crippen LogP contribution in [0.4, 0.5) is 5.82 Å². The second-order valence-electron chi connectivity index (χ2n) is 4.07. The summed E-state index contributed by atoms with van der Waals surface area (Å²) in [4.78, 5) is 15.7. The van der Waals surface area contributed by atoms with Gasteiger partial charge in [-0.15, -0.1) is 0 Å². The minimum Gasteiger partial charge on any atom is -0.467 e. The van der Waals surface area contributed by atoms with E-state index in [-0.39, 0.29) is 5.97 Å². The van der Waals surface area contributed by atoms with Crippen LogP contribution in [0, 0.1) is 11.3 Å². The normalized spacial score (nSPS) is 11.6. The molecule has 2 aromatic rings. The lowest BCUT2D eigenvalue weighted by Crippen LogP contribution is -2.27. The van der Waals surface area contributed by atoms with Crippen molar-refractivity contribution in [2.24, 2.45) is 0 Å². The highest BCUT2D eigenvalue weighted by atomic mass is 16.5. The summed E-state index contributed by atoms with van der Waals surface area (Å²) in [6, 6.07) is 10.6. The molecule has 0 saturated heterocycles. The Bertz CT molecular complexity index is 661. The molecule has 1 aromatic carbocycles. The van der Waals surface area contributed by atoms with Crippen molar-refractivity contribution < 1.29 is 9.53 Å². The lowest BCUT2D eigenvalue weighted by Gasteiger charge is -2.13. The molecule has 2 rings (SSSR count). The standard InChI is InChI=1S/C14H13N3O2/c1-9(14(18)19-2)16-13-7-10(8-15)11-5-3-4-6-12(11)17-13/h3-7,9H,1-2H3,(H,16,17). The maximum Gasteiger partial charge on any atom is 0.328 e. The number of anilines is 1. The number of carbonyl (C=O) groups is 1. The highest BCUT2D eigenvalue weighted by Crippen LogP contribution is 2.20. The van der Waals surface area contributed by atoms with Gasteiger partial charge in [0, 0.05) is 5.39 Å². The zero-order chi connectivity index (χ0) is 13.8. The highest BCUT2D eigenvalue weighted by molar-refractivity contribution is 5.87. The molecular formula is C14H13N3O2. The maximum absolute atomic E-state index is 11.4. The van der Waals surface area contributed by atoms with Gasteiger partial charge in [0.25, 0.3) is 0 Å². The number of nitrogens with zero attached hydrogens (tertiary/aromatic N) is 2. The van der Waals surface area contributed by atoms with Gasteiger partial charge < -0.3 is 10.1 Å². The Kier molecular flexibility index (Phi) is 3.62. The summed E-state index contributed by atoms with van der Waals surface area (Å²) < 4.78 is 4.63. The van der Waals surface area contributed by atoms with E-state index in [1.54, 1.807) is 13.0 Å². The van der Waals surface area contributed by atoms with Crippen LogP contribution in [0.1, 0.15) is 12.5 Å². The van der Waals surface area contributed by atoms with Crippen molar-refractivity contribution in [2.45, 2.75) is 13.0 Å². The highest BCUT2D eigenvalue weighted by Gasteiger charge is 2.14. The van der Waals surface area contributed by atoms with E-state index in [1.165, 1.54) is 7.11 Å². The molecule has 0 amide bonds. The van der Waals surface area contributed by atoms with Crippen LogP contribution in [-0.2, 0) is 9.53 Å². The number of fused-ring (bicyclic) bond motifs is 1. The summed E-state index contributed by atoms with van der Waals surface area (Å²) in [7, 11) is 1.33. The van der Waals surface area contributed by atoms with Gasteiger partial charge in [-0.2, -0.15) is 5.26 Å². The topological polar surface area (TPSA) is 75.0 Å². The number of nitrogens with one attached hydrogen (secondary N) is 1. The van der Waals surface area contributed by atoms with E-state index >= 15 is 0 Å². The number of esters is 1. The molecule has 0 aliphatic rings. The summed E-state index contributed by atoms with van der Waals surface area (Å²) in [6.45, 7) is 1.68. The number of carbonyl (C=O) groups excluding carboxylic acids is 1. The Hall–Kier alpha value is -2.61. The largest absolute Gasteiger partial charge is 0.467 e. The first-order valence-corrected chi connectivity index (χ1v) is 5.80. The van der Waals surface area contributed by atoms with Gasteiger partial charge in [-0.3, -0.25) is 0 Å². The van der Waals surface area contributed by atoms with Crippen LogP contribution in [0.3, 0.4) is 0 Å². The molecule has 0 radical (unpaired) electrons. The molecule has 0 fully saturated rings. The molecule has 1 unspecified atom stereocenters. The Morgan fingerprint density at radius 2 is 2.21 bits per heavy atom. The molecule has 1 atom stereocenters. The number of hydrogen-bond acceptors (Lipinski definition) is 5. The van der Waals surface area contributed by atoms with E-state index < -0.39 is 6.04 Å². The van der Waals surface area contributed by atoms with E-state index in [0.717, 1.165) is 5.39 Å². The number of benzene rings is 1. The van der Waals surface area contributed by atoms with Crippen LogP contribution in [0.15, 0.2) is 30.3 Å². The molecule has 0 aliphatic carbocycles. The van der Waals surface area contributed by atoms with E-state index in [9.17, 15) is 4.79 Å². The molecule has 5 nitrogen and oxygen atoms in total. The summed E-state index contributed by atoms with van der Waals surface area (Å²) in [5, 5.41) is 12.9. The fraction of sp³-hybridized carbons (Fsp3) is 0.214. The molecule has 0 aliphatic heterocycles. The van der Waals surface area contributed by atoms with Crippen molar-refractivity contribution in [1.82, 2.24) is 4.98 Å². The fourth-order valence-corrected chi connectivity index (χ4v) is 1.80. The van der Waals surface area contributed by atoms with Crippen LogP contribution >= 0.6 is 0 Å². The first-order valence-electron chi connectivity index (χ1n) is 5.80. The van der Waals surface area contributed by atoms with E-state index in [4.69, 9.17) is 5.26 Å². The lowest BCUT2D eigenvalue weighted by molar-refractivity contribution is -0.141. The number of rotatable bonds is 3. The molecule has 1 aromatic heterocycles. The van der Waals surface area contributed by atoms with Gasteiger partial charge in [0.05, 0.1) is 24.3 Å². The number of pyridine rings is 1. The van der Waals surface area contributed by atoms with Crippen LogP contribution in [0.25, 0.3) is 10.9 Å². The molecule has 19 heavy (non-hydrogen) atoms. The van der Waals surface area contributed by atoms with Crippen LogP contribution in [0.2, 0.25) is 0 Å². The van der Waals surface area contributed by atoms with Crippen molar-refractivity contribution in [1.29, 1.82) is 5.26 Å². The third-order valence-electron chi connectivity index (χ3n) is 2.76. The average Bonchev–Trinajstić information content (AvgIpc) is 2.45. The quantitative estimate of drug-likeness (QED) is 0.850. The van der Waals surface area contributed by atoms with Crippen molar-refractivity contribution >= 4 is 22.7 Å². The molecule has 5 heteroatoms. The number of para-hydroxylation sites is 1. The molecular weight excluding hydrogens is 242 g/mol. The maximum atomic E-state index is 11.4. The summed E-state index contributed by atoms with van der Waals surface area (Å²) >= 11 is 0. The average molecular weight is 255 g/mol. The predicted octanol–water partition coefficient (Wildman–Crippen LogP) is 2.08. The van der Waals surface area contributed by atoms with Gasteiger partial charge in [-0.05, 0) is 19.1 Å². The first kappa shape index (κ1) is 12.8. The SMILES string of the molecule is COC(=O)C(C)Nc1cc(C#N)c2ccccc2n1. The predicted molar refractivity (Wildman–Crippen MR) is 71.6 cm³/mol. The van der Waals surface area contributed by atoms with E-state index in [1.807, 2.05) is 24.3 Å². The molecule has 0 bridgehead atoms. The second kappa shape index (κ2) is 5.36. The van der Waals surface area contributed by atoms with Gasteiger partial charge in [0.15, 0.2) is 0 Å². The number of aromatic nitrogens is 1. The molecule has 0 spiro atoms.